The van der Waals surface area contributed by atoms with Gasteiger partial charge in [-0.15, -0.1) is 0 Å². The lowest BCUT2D eigenvalue weighted by Crippen LogP contribution is -2.29. The molecule has 0 heterocycles. The third-order valence-corrected chi connectivity index (χ3v) is 1.90. The van der Waals surface area contributed by atoms with Crippen LogP contribution in [0, 0.1) is 5.92 Å². The Labute approximate surface area is 71.1 Å². The van der Waals surface area contributed by atoms with Gasteiger partial charge in [-0.1, -0.05) is 20.3 Å². The summed E-state index contributed by atoms with van der Waals surface area (Å²) in [5, 5.41) is 0. The molecule has 0 aromatic heterocycles. The lowest BCUT2D eigenvalue weighted by molar-refractivity contribution is -0.138. The molecule has 2 unspecified atom stereocenters. The van der Waals surface area contributed by atoms with Crippen molar-refractivity contribution in [2.45, 2.75) is 45.3 Å². The third-order valence-electron chi connectivity index (χ3n) is 1.90. The van der Waals surface area contributed by atoms with Crippen LogP contribution in [0.4, 0.5) is 13.2 Å². The van der Waals surface area contributed by atoms with E-state index >= 15 is 0 Å². The molecule has 0 aliphatic rings. The van der Waals surface area contributed by atoms with E-state index in [0.717, 1.165) is 6.42 Å². The Bertz CT molecular complexity index is 122. The molecular weight excluding hydrogens is 167 g/mol. The van der Waals surface area contributed by atoms with Crippen LogP contribution in [0.3, 0.4) is 0 Å². The predicted octanol–water partition coefficient (Wildman–Crippen LogP) is 2.70. The van der Waals surface area contributed by atoms with E-state index in [1.54, 1.807) is 0 Å². The van der Waals surface area contributed by atoms with Crippen molar-refractivity contribution >= 4 is 0 Å². The molecule has 1 nitrogen and oxygen atoms in total. The van der Waals surface area contributed by atoms with Crippen molar-refractivity contribution in [1.29, 1.82) is 0 Å². The highest BCUT2D eigenvalue weighted by Gasteiger charge is 2.30. The standard InChI is InChI=1S/C8H16F3N/c1-3-6(2)4-7(12)5-8(9,10)11/h6-7H,3-5,12H2,1-2H3. The molecule has 0 spiro atoms. The smallest absolute Gasteiger partial charge is 0.327 e. The van der Waals surface area contributed by atoms with Gasteiger partial charge in [0.25, 0.3) is 0 Å². The molecule has 2 N–H and O–H groups in total. The first kappa shape index (κ1) is 11.8. The van der Waals surface area contributed by atoms with E-state index in [1.807, 2.05) is 13.8 Å². The number of hydrogen-bond acceptors (Lipinski definition) is 1. The second kappa shape index (κ2) is 4.70. The molecule has 0 aliphatic carbocycles. The van der Waals surface area contributed by atoms with Gasteiger partial charge in [-0.25, -0.2) is 0 Å². The maximum Gasteiger partial charge on any atom is 0.390 e. The second-order valence-electron chi connectivity index (χ2n) is 3.33. The first-order valence-electron chi connectivity index (χ1n) is 4.17. The first-order chi connectivity index (χ1) is 5.35. The summed E-state index contributed by atoms with van der Waals surface area (Å²) in [5.74, 6) is 0.280. The molecule has 0 fully saturated rings. The van der Waals surface area contributed by atoms with E-state index in [4.69, 9.17) is 5.73 Å². The largest absolute Gasteiger partial charge is 0.390 e. The van der Waals surface area contributed by atoms with Crippen LogP contribution in [0.5, 0.6) is 0 Å². The zero-order valence-corrected chi connectivity index (χ0v) is 7.49. The minimum atomic E-state index is -4.12. The highest BCUT2D eigenvalue weighted by atomic mass is 19.4. The Balaban J connectivity index is 3.66. The topological polar surface area (TPSA) is 26.0 Å². The van der Waals surface area contributed by atoms with Crippen molar-refractivity contribution in [3.8, 4) is 0 Å². The van der Waals surface area contributed by atoms with Gasteiger partial charge < -0.3 is 5.73 Å². The molecule has 0 bridgehead atoms. The zero-order chi connectivity index (χ0) is 9.78. The van der Waals surface area contributed by atoms with Crippen LogP contribution in [0.25, 0.3) is 0 Å². The van der Waals surface area contributed by atoms with Gasteiger partial charge in [-0.3, -0.25) is 0 Å². The van der Waals surface area contributed by atoms with E-state index in [9.17, 15) is 13.2 Å². The summed E-state index contributed by atoms with van der Waals surface area (Å²) in [6.45, 7) is 3.86. The molecule has 2 atom stereocenters. The molecule has 0 aromatic rings. The molecule has 12 heavy (non-hydrogen) atoms. The maximum atomic E-state index is 11.8. The molecule has 0 rings (SSSR count). The SMILES string of the molecule is CCC(C)CC(N)CC(F)(F)F. The molecule has 0 aromatic carbocycles. The highest BCUT2D eigenvalue weighted by molar-refractivity contribution is 4.68. The lowest BCUT2D eigenvalue weighted by atomic mass is 9.98. The van der Waals surface area contributed by atoms with Gasteiger partial charge in [0.1, 0.15) is 0 Å². The average Bonchev–Trinajstić information content (AvgIpc) is 1.82. The minimum Gasteiger partial charge on any atom is -0.327 e. The second-order valence-corrected chi connectivity index (χ2v) is 3.33. The van der Waals surface area contributed by atoms with Crippen molar-refractivity contribution < 1.29 is 13.2 Å². The van der Waals surface area contributed by atoms with Gasteiger partial charge >= 0.3 is 6.18 Å². The van der Waals surface area contributed by atoms with Gasteiger partial charge in [0.05, 0.1) is 6.42 Å². The predicted molar refractivity (Wildman–Crippen MR) is 42.7 cm³/mol. The fourth-order valence-electron chi connectivity index (χ4n) is 1.06. The zero-order valence-electron chi connectivity index (χ0n) is 7.49. The fourth-order valence-corrected chi connectivity index (χ4v) is 1.06. The van der Waals surface area contributed by atoms with Gasteiger partial charge in [-0.05, 0) is 12.3 Å². The van der Waals surface area contributed by atoms with Crippen LogP contribution in [0.2, 0.25) is 0 Å². The quantitative estimate of drug-likeness (QED) is 0.712. The Hall–Kier alpha value is -0.250. The molecule has 0 aliphatic heterocycles. The van der Waals surface area contributed by atoms with E-state index in [1.165, 1.54) is 0 Å². The van der Waals surface area contributed by atoms with Crippen LogP contribution in [0.1, 0.15) is 33.1 Å². The average molecular weight is 183 g/mol. The molecule has 4 heteroatoms. The highest BCUT2D eigenvalue weighted by Crippen LogP contribution is 2.23. The van der Waals surface area contributed by atoms with Gasteiger partial charge in [-0.2, -0.15) is 13.2 Å². The summed E-state index contributed by atoms with van der Waals surface area (Å²) in [7, 11) is 0. The van der Waals surface area contributed by atoms with Crippen LogP contribution in [-0.4, -0.2) is 12.2 Å². The number of hydrogen-bond donors (Lipinski definition) is 1. The van der Waals surface area contributed by atoms with Gasteiger partial charge in [0.15, 0.2) is 0 Å². The van der Waals surface area contributed by atoms with Crippen molar-refractivity contribution in [2.75, 3.05) is 0 Å². The maximum absolute atomic E-state index is 11.8. The Morgan fingerprint density at radius 2 is 1.83 bits per heavy atom. The molecular formula is C8H16F3N. The monoisotopic (exact) mass is 183 g/mol. The lowest BCUT2D eigenvalue weighted by Gasteiger charge is -2.17. The van der Waals surface area contributed by atoms with Crippen LogP contribution < -0.4 is 5.73 Å². The summed E-state index contributed by atoms with van der Waals surface area (Å²) in [6, 6.07) is -0.736. The molecule has 0 saturated heterocycles. The summed E-state index contributed by atoms with van der Waals surface area (Å²) in [4.78, 5) is 0. The van der Waals surface area contributed by atoms with Crippen LogP contribution in [-0.2, 0) is 0 Å². The number of alkyl halides is 3. The van der Waals surface area contributed by atoms with Crippen molar-refractivity contribution in [3.63, 3.8) is 0 Å². The summed E-state index contributed by atoms with van der Waals surface area (Å²) in [6.07, 6.45) is -3.65. The van der Waals surface area contributed by atoms with Crippen molar-refractivity contribution in [2.24, 2.45) is 11.7 Å². The Morgan fingerprint density at radius 3 is 2.17 bits per heavy atom. The molecule has 74 valence electrons. The van der Waals surface area contributed by atoms with E-state index < -0.39 is 18.6 Å². The molecule has 0 radical (unpaired) electrons. The van der Waals surface area contributed by atoms with E-state index in [0.29, 0.717) is 6.42 Å². The van der Waals surface area contributed by atoms with Gasteiger partial charge in [0.2, 0.25) is 0 Å². The minimum absolute atomic E-state index is 0.280. The van der Waals surface area contributed by atoms with Crippen LogP contribution >= 0.6 is 0 Å². The molecule has 0 saturated carbocycles. The normalized spacial score (nSPS) is 17.5. The number of halogens is 3. The van der Waals surface area contributed by atoms with E-state index in [2.05, 4.69) is 0 Å². The van der Waals surface area contributed by atoms with E-state index in [-0.39, 0.29) is 5.92 Å². The number of rotatable bonds is 4. The number of nitrogens with two attached hydrogens (primary N) is 1. The Morgan fingerprint density at radius 1 is 1.33 bits per heavy atom. The van der Waals surface area contributed by atoms with Crippen molar-refractivity contribution in [1.82, 2.24) is 0 Å². The summed E-state index contributed by atoms with van der Waals surface area (Å²) < 4.78 is 35.3. The van der Waals surface area contributed by atoms with Gasteiger partial charge in [0, 0.05) is 6.04 Å². The van der Waals surface area contributed by atoms with Crippen molar-refractivity contribution in [3.05, 3.63) is 0 Å². The fraction of sp³-hybridized carbons (Fsp3) is 1.00. The summed E-state index contributed by atoms with van der Waals surface area (Å²) in [5.41, 5.74) is 5.32. The Kier molecular flexibility index (Phi) is 4.60. The molecule has 0 amide bonds. The van der Waals surface area contributed by atoms with Crippen LogP contribution in [0.15, 0.2) is 0 Å². The first-order valence-corrected chi connectivity index (χ1v) is 4.17. The third kappa shape index (κ3) is 6.46. The summed E-state index contributed by atoms with van der Waals surface area (Å²) >= 11 is 0.